The first kappa shape index (κ1) is 16.8. The zero-order chi connectivity index (χ0) is 15.7. The molecule has 6 heteroatoms. The molecule has 0 aliphatic rings. The van der Waals surface area contributed by atoms with Crippen molar-refractivity contribution in [2.24, 2.45) is 0 Å². The number of hydrogen-bond acceptors (Lipinski definition) is 5. The van der Waals surface area contributed by atoms with Crippen LogP contribution in [0.2, 0.25) is 0 Å². The van der Waals surface area contributed by atoms with E-state index < -0.39 is 0 Å². The topological polar surface area (TPSA) is 73.9 Å². The van der Waals surface area contributed by atoms with Crippen molar-refractivity contribution in [1.82, 2.24) is 5.32 Å². The predicted octanol–water partition coefficient (Wildman–Crippen LogP) is 1.45. The quantitative estimate of drug-likeness (QED) is 0.735. The van der Waals surface area contributed by atoms with E-state index in [0.717, 1.165) is 5.56 Å². The first-order valence-corrected chi connectivity index (χ1v) is 6.76. The highest BCUT2D eigenvalue weighted by molar-refractivity contribution is 5.78. The molecule has 0 spiro atoms. The fourth-order valence-electron chi connectivity index (χ4n) is 1.63. The lowest BCUT2D eigenvalue weighted by atomic mass is 10.2. The molecule has 0 aliphatic carbocycles. The van der Waals surface area contributed by atoms with Crippen molar-refractivity contribution in [1.29, 1.82) is 0 Å². The van der Waals surface area contributed by atoms with Gasteiger partial charge in [0.1, 0.15) is 0 Å². The zero-order valence-electron chi connectivity index (χ0n) is 12.6. The van der Waals surface area contributed by atoms with E-state index in [1.165, 1.54) is 0 Å². The van der Waals surface area contributed by atoms with Crippen LogP contribution in [0.3, 0.4) is 0 Å². The number of methoxy groups -OCH3 is 1. The summed E-state index contributed by atoms with van der Waals surface area (Å²) in [5.41, 5.74) is 1.04. The molecule has 1 N–H and O–H groups in total. The zero-order valence-corrected chi connectivity index (χ0v) is 12.6. The Bertz CT molecular complexity index is 487. The summed E-state index contributed by atoms with van der Waals surface area (Å²) in [6, 6.07) is 5.45. The third-order valence-corrected chi connectivity index (χ3v) is 2.63. The Labute approximate surface area is 124 Å². The molecule has 0 heterocycles. The highest BCUT2D eigenvalue weighted by atomic mass is 16.5. The van der Waals surface area contributed by atoms with Crippen LogP contribution in [0.25, 0.3) is 0 Å². The van der Waals surface area contributed by atoms with Gasteiger partial charge in [-0.15, -0.1) is 0 Å². The highest BCUT2D eigenvalue weighted by Crippen LogP contribution is 2.27. The van der Waals surface area contributed by atoms with Gasteiger partial charge in [-0.3, -0.25) is 9.59 Å². The second-order valence-electron chi connectivity index (χ2n) is 4.35. The number of ether oxygens (including phenoxy) is 3. The molecular formula is C15H21NO5. The second kappa shape index (κ2) is 8.84. The maximum absolute atomic E-state index is 11.6. The van der Waals surface area contributed by atoms with E-state index >= 15 is 0 Å². The molecule has 0 aliphatic heterocycles. The maximum Gasteiger partial charge on any atom is 0.307 e. The summed E-state index contributed by atoms with van der Waals surface area (Å²) in [5, 5.41) is 2.59. The van der Waals surface area contributed by atoms with Crippen LogP contribution < -0.4 is 14.8 Å². The Hall–Kier alpha value is -2.24. The predicted molar refractivity (Wildman–Crippen MR) is 77.5 cm³/mol. The Morgan fingerprint density at radius 3 is 2.67 bits per heavy atom. The van der Waals surface area contributed by atoms with E-state index in [2.05, 4.69) is 5.32 Å². The molecule has 1 aromatic carbocycles. The minimum Gasteiger partial charge on any atom is -0.493 e. The molecule has 0 atom stereocenters. The standard InChI is InChI=1S/C15H21NO5/c1-4-20-15(18)7-8-16-14(17)10-21-12-6-5-11(2)9-13(12)19-3/h5-6,9H,4,7-8,10H2,1-3H3,(H,16,17). The molecule has 0 saturated carbocycles. The SMILES string of the molecule is CCOC(=O)CCNC(=O)COc1ccc(C)cc1OC. The van der Waals surface area contributed by atoms with Gasteiger partial charge in [0, 0.05) is 6.54 Å². The fourth-order valence-corrected chi connectivity index (χ4v) is 1.63. The molecule has 21 heavy (non-hydrogen) atoms. The Morgan fingerprint density at radius 1 is 1.24 bits per heavy atom. The number of carbonyl (C=O) groups is 2. The lowest BCUT2D eigenvalue weighted by Gasteiger charge is -2.11. The molecular weight excluding hydrogens is 274 g/mol. The van der Waals surface area contributed by atoms with E-state index in [0.29, 0.717) is 18.1 Å². The van der Waals surface area contributed by atoms with E-state index in [-0.39, 0.29) is 31.4 Å². The van der Waals surface area contributed by atoms with Gasteiger partial charge in [-0.2, -0.15) is 0 Å². The van der Waals surface area contributed by atoms with E-state index in [4.69, 9.17) is 14.2 Å². The number of esters is 1. The summed E-state index contributed by atoms with van der Waals surface area (Å²) in [7, 11) is 1.54. The molecule has 0 aromatic heterocycles. The van der Waals surface area contributed by atoms with Crippen LogP contribution in [0.1, 0.15) is 18.9 Å². The molecule has 1 rings (SSSR count). The van der Waals surface area contributed by atoms with Crippen molar-refractivity contribution in [3.05, 3.63) is 23.8 Å². The summed E-state index contributed by atoms with van der Waals surface area (Å²) >= 11 is 0. The monoisotopic (exact) mass is 295 g/mol. The lowest BCUT2D eigenvalue weighted by Crippen LogP contribution is -2.31. The minimum atomic E-state index is -0.334. The van der Waals surface area contributed by atoms with Crippen LogP contribution in [0.15, 0.2) is 18.2 Å². The number of amides is 1. The van der Waals surface area contributed by atoms with Crippen molar-refractivity contribution in [3.63, 3.8) is 0 Å². The van der Waals surface area contributed by atoms with Crippen LogP contribution in [0, 0.1) is 6.92 Å². The van der Waals surface area contributed by atoms with Crippen molar-refractivity contribution < 1.29 is 23.8 Å². The largest absolute Gasteiger partial charge is 0.493 e. The average molecular weight is 295 g/mol. The average Bonchev–Trinajstić information content (AvgIpc) is 2.46. The van der Waals surface area contributed by atoms with Gasteiger partial charge in [0.2, 0.25) is 0 Å². The summed E-state index contributed by atoms with van der Waals surface area (Å²) in [4.78, 5) is 22.7. The first-order chi connectivity index (χ1) is 10.1. The fraction of sp³-hybridized carbons (Fsp3) is 0.467. The summed E-state index contributed by atoms with van der Waals surface area (Å²) < 4.78 is 15.3. The molecule has 0 saturated heterocycles. The number of nitrogens with one attached hydrogen (secondary N) is 1. The molecule has 6 nitrogen and oxygen atoms in total. The van der Waals surface area contributed by atoms with Crippen molar-refractivity contribution in [2.75, 3.05) is 26.9 Å². The smallest absolute Gasteiger partial charge is 0.307 e. The minimum absolute atomic E-state index is 0.137. The van der Waals surface area contributed by atoms with Crippen LogP contribution in [-0.2, 0) is 14.3 Å². The van der Waals surface area contributed by atoms with Gasteiger partial charge in [-0.25, -0.2) is 0 Å². The number of rotatable bonds is 8. The van der Waals surface area contributed by atoms with E-state index in [9.17, 15) is 9.59 Å². The van der Waals surface area contributed by atoms with Gasteiger partial charge in [-0.05, 0) is 31.5 Å². The van der Waals surface area contributed by atoms with Gasteiger partial charge in [0.05, 0.1) is 20.1 Å². The van der Waals surface area contributed by atoms with E-state index in [1.54, 1.807) is 20.1 Å². The lowest BCUT2D eigenvalue weighted by molar-refractivity contribution is -0.143. The number of aryl methyl sites for hydroxylation is 1. The second-order valence-corrected chi connectivity index (χ2v) is 4.35. The Kier molecular flexibility index (Phi) is 7.08. The molecule has 1 amide bonds. The number of benzene rings is 1. The normalized spacial score (nSPS) is 9.86. The van der Waals surface area contributed by atoms with E-state index in [1.807, 2.05) is 19.1 Å². The highest BCUT2D eigenvalue weighted by Gasteiger charge is 2.08. The maximum atomic E-state index is 11.6. The molecule has 0 bridgehead atoms. The summed E-state index contributed by atoms with van der Waals surface area (Å²) in [5.74, 6) is 0.443. The van der Waals surface area contributed by atoms with Gasteiger partial charge in [0.15, 0.2) is 18.1 Å². The summed E-state index contributed by atoms with van der Waals surface area (Å²) in [6.07, 6.45) is 0.146. The van der Waals surface area contributed by atoms with Gasteiger partial charge >= 0.3 is 5.97 Å². The number of hydrogen-bond donors (Lipinski definition) is 1. The Balaban J connectivity index is 2.35. The number of carbonyl (C=O) groups excluding carboxylic acids is 2. The molecule has 0 unspecified atom stereocenters. The van der Waals surface area contributed by atoms with Crippen molar-refractivity contribution >= 4 is 11.9 Å². The third-order valence-electron chi connectivity index (χ3n) is 2.63. The van der Waals surface area contributed by atoms with Crippen LogP contribution in [-0.4, -0.2) is 38.7 Å². The van der Waals surface area contributed by atoms with Crippen LogP contribution in [0.5, 0.6) is 11.5 Å². The molecule has 0 fully saturated rings. The van der Waals surface area contributed by atoms with Crippen molar-refractivity contribution in [2.45, 2.75) is 20.3 Å². The summed E-state index contributed by atoms with van der Waals surface area (Å²) in [6.45, 7) is 4.10. The third kappa shape index (κ3) is 6.16. The van der Waals surface area contributed by atoms with Gasteiger partial charge in [-0.1, -0.05) is 6.07 Å². The Morgan fingerprint density at radius 2 is 2.00 bits per heavy atom. The van der Waals surface area contributed by atoms with Gasteiger partial charge < -0.3 is 19.5 Å². The first-order valence-electron chi connectivity index (χ1n) is 6.76. The molecule has 116 valence electrons. The molecule has 1 aromatic rings. The van der Waals surface area contributed by atoms with Gasteiger partial charge in [0.25, 0.3) is 5.91 Å². The van der Waals surface area contributed by atoms with Crippen LogP contribution in [0.4, 0.5) is 0 Å². The van der Waals surface area contributed by atoms with Crippen LogP contribution >= 0.6 is 0 Å². The molecule has 0 radical (unpaired) electrons. The van der Waals surface area contributed by atoms with Crippen molar-refractivity contribution in [3.8, 4) is 11.5 Å².